The lowest BCUT2D eigenvalue weighted by molar-refractivity contribution is 0.0637. The maximum absolute atomic E-state index is 12.8. The van der Waals surface area contributed by atoms with Crippen LogP contribution in [0.25, 0.3) is 0 Å². The predicted molar refractivity (Wildman–Crippen MR) is 103 cm³/mol. The molecule has 1 aliphatic heterocycles. The number of carbonyl (C=O) groups excluding carboxylic acids is 1. The zero-order valence-electron chi connectivity index (χ0n) is 15.7. The van der Waals surface area contributed by atoms with E-state index in [9.17, 15) is 4.79 Å². The molecule has 1 saturated heterocycles. The van der Waals surface area contributed by atoms with Gasteiger partial charge in [0.25, 0.3) is 5.91 Å². The van der Waals surface area contributed by atoms with E-state index in [2.05, 4.69) is 22.1 Å². The van der Waals surface area contributed by atoms with E-state index in [0.29, 0.717) is 5.69 Å². The lowest BCUT2D eigenvalue weighted by Crippen LogP contribution is -2.48. The molecule has 1 N–H and O–H groups in total. The minimum Gasteiger partial charge on any atom is -0.495 e. The highest BCUT2D eigenvalue weighted by molar-refractivity contribution is 5.93. The fourth-order valence-corrected chi connectivity index (χ4v) is 3.13. The number of carbonyl (C=O) groups is 1. The standard InChI is InChI=1S/C20H26N4O2/c1-4-23-9-11-24(12-10-23)20(25)18-14-16(7-8-21-18)22-17-13-15(2)5-6-19(17)26-3/h5-8,13-14H,4,9-12H2,1-3H3,(H,21,22). The van der Waals surface area contributed by atoms with E-state index >= 15 is 0 Å². The normalized spacial score (nSPS) is 15.0. The summed E-state index contributed by atoms with van der Waals surface area (Å²) < 4.78 is 5.41. The van der Waals surface area contributed by atoms with Crippen molar-refractivity contribution in [1.29, 1.82) is 0 Å². The van der Waals surface area contributed by atoms with Gasteiger partial charge in [0, 0.05) is 38.1 Å². The molecular weight excluding hydrogens is 328 g/mol. The van der Waals surface area contributed by atoms with Crippen LogP contribution in [-0.4, -0.2) is 60.5 Å². The summed E-state index contributed by atoms with van der Waals surface area (Å²) in [4.78, 5) is 21.3. The van der Waals surface area contributed by atoms with Gasteiger partial charge in [0.2, 0.25) is 0 Å². The Bertz CT molecular complexity index is 770. The molecule has 0 aliphatic carbocycles. The molecule has 6 nitrogen and oxygen atoms in total. The maximum atomic E-state index is 12.8. The minimum atomic E-state index is -0.0133. The number of likely N-dealkylation sites (N-methyl/N-ethyl adjacent to an activating group) is 1. The highest BCUT2D eigenvalue weighted by Crippen LogP contribution is 2.28. The molecule has 1 amide bonds. The molecule has 1 aromatic carbocycles. The van der Waals surface area contributed by atoms with Crippen LogP contribution in [0.3, 0.4) is 0 Å². The number of hydrogen-bond donors (Lipinski definition) is 1. The van der Waals surface area contributed by atoms with E-state index in [-0.39, 0.29) is 5.91 Å². The average Bonchev–Trinajstić information content (AvgIpc) is 2.68. The lowest BCUT2D eigenvalue weighted by atomic mass is 10.2. The molecule has 3 rings (SSSR count). The molecule has 26 heavy (non-hydrogen) atoms. The van der Waals surface area contributed by atoms with Crippen molar-refractivity contribution in [3.05, 3.63) is 47.8 Å². The molecule has 0 atom stereocenters. The summed E-state index contributed by atoms with van der Waals surface area (Å²) in [6, 6.07) is 9.61. The fraction of sp³-hybridized carbons (Fsp3) is 0.400. The van der Waals surface area contributed by atoms with E-state index in [1.807, 2.05) is 36.1 Å². The molecule has 0 unspecified atom stereocenters. The molecule has 138 valence electrons. The van der Waals surface area contributed by atoms with Crippen molar-refractivity contribution < 1.29 is 9.53 Å². The summed E-state index contributed by atoms with van der Waals surface area (Å²) in [6.45, 7) is 8.53. The van der Waals surface area contributed by atoms with Crippen LogP contribution in [0.15, 0.2) is 36.5 Å². The van der Waals surface area contributed by atoms with Crippen LogP contribution in [-0.2, 0) is 0 Å². The van der Waals surface area contributed by atoms with Gasteiger partial charge in [-0.1, -0.05) is 13.0 Å². The zero-order chi connectivity index (χ0) is 18.5. The summed E-state index contributed by atoms with van der Waals surface area (Å²) in [5.41, 5.74) is 3.28. The Kier molecular flexibility index (Phi) is 5.73. The third-order valence-corrected chi connectivity index (χ3v) is 4.72. The number of aromatic nitrogens is 1. The number of aryl methyl sites for hydroxylation is 1. The Morgan fingerprint density at radius 2 is 1.96 bits per heavy atom. The van der Waals surface area contributed by atoms with Crippen molar-refractivity contribution in [2.75, 3.05) is 45.2 Å². The summed E-state index contributed by atoms with van der Waals surface area (Å²) in [6.07, 6.45) is 1.67. The molecule has 2 heterocycles. The number of ether oxygens (including phenoxy) is 1. The van der Waals surface area contributed by atoms with Crippen LogP contribution < -0.4 is 10.1 Å². The van der Waals surface area contributed by atoms with E-state index in [1.54, 1.807) is 19.4 Å². The Balaban J connectivity index is 1.74. The highest BCUT2D eigenvalue weighted by Gasteiger charge is 2.22. The monoisotopic (exact) mass is 354 g/mol. The number of nitrogens with one attached hydrogen (secondary N) is 1. The van der Waals surface area contributed by atoms with E-state index in [1.165, 1.54) is 0 Å². The SMILES string of the molecule is CCN1CCN(C(=O)c2cc(Nc3cc(C)ccc3OC)ccn2)CC1. The fourth-order valence-electron chi connectivity index (χ4n) is 3.13. The second-order valence-corrected chi connectivity index (χ2v) is 6.48. The number of pyridine rings is 1. The van der Waals surface area contributed by atoms with Crippen LogP contribution >= 0.6 is 0 Å². The van der Waals surface area contributed by atoms with Crippen molar-refractivity contribution in [3.8, 4) is 5.75 Å². The number of methoxy groups -OCH3 is 1. The molecule has 6 heteroatoms. The van der Waals surface area contributed by atoms with Gasteiger partial charge in [-0.15, -0.1) is 0 Å². The van der Waals surface area contributed by atoms with Gasteiger partial charge >= 0.3 is 0 Å². The van der Waals surface area contributed by atoms with Crippen molar-refractivity contribution >= 4 is 17.3 Å². The van der Waals surface area contributed by atoms with Crippen molar-refractivity contribution in [3.63, 3.8) is 0 Å². The van der Waals surface area contributed by atoms with Gasteiger partial charge in [0.15, 0.2) is 0 Å². The topological polar surface area (TPSA) is 57.7 Å². The van der Waals surface area contributed by atoms with Gasteiger partial charge in [0.1, 0.15) is 11.4 Å². The number of benzene rings is 1. The molecule has 0 saturated carbocycles. The lowest BCUT2D eigenvalue weighted by Gasteiger charge is -2.33. The summed E-state index contributed by atoms with van der Waals surface area (Å²) in [7, 11) is 1.65. The largest absolute Gasteiger partial charge is 0.495 e. The number of rotatable bonds is 5. The average molecular weight is 354 g/mol. The second kappa shape index (κ2) is 8.19. The van der Waals surface area contributed by atoms with Gasteiger partial charge in [-0.2, -0.15) is 0 Å². The minimum absolute atomic E-state index is 0.0133. The quantitative estimate of drug-likeness (QED) is 0.895. The first kappa shape index (κ1) is 18.2. The van der Waals surface area contributed by atoms with E-state index in [0.717, 1.165) is 55.4 Å². The number of hydrogen-bond acceptors (Lipinski definition) is 5. The van der Waals surface area contributed by atoms with Crippen LogP contribution in [0, 0.1) is 6.92 Å². The van der Waals surface area contributed by atoms with E-state index < -0.39 is 0 Å². The number of anilines is 2. The molecule has 1 aliphatic rings. The first-order valence-electron chi connectivity index (χ1n) is 9.00. The third-order valence-electron chi connectivity index (χ3n) is 4.72. The van der Waals surface area contributed by atoms with Crippen LogP contribution in [0.1, 0.15) is 23.0 Å². The van der Waals surface area contributed by atoms with Crippen LogP contribution in [0.5, 0.6) is 5.75 Å². The molecule has 0 bridgehead atoms. The molecule has 1 fully saturated rings. The smallest absolute Gasteiger partial charge is 0.272 e. The molecule has 0 radical (unpaired) electrons. The third kappa shape index (κ3) is 4.14. The Hall–Kier alpha value is -2.60. The number of amides is 1. The Morgan fingerprint density at radius 3 is 2.65 bits per heavy atom. The maximum Gasteiger partial charge on any atom is 0.272 e. The molecule has 1 aromatic heterocycles. The van der Waals surface area contributed by atoms with E-state index in [4.69, 9.17) is 4.74 Å². The first-order valence-corrected chi connectivity index (χ1v) is 9.00. The number of piperazine rings is 1. The van der Waals surface area contributed by atoms with Crippen LogP contribution in [0.2, 0.25) is 0 Å². The molecule has 2 aromatic rings. The van der Waals surface area contributed by atoms with Crippen molar-refractivity contribution in [2.45, 2.75) is 13.8 Å². The van der Waals surface area contributed by atoms with Gasteiger partial charge in [-0.25, -0.2) is 0 Å². The first-order chi connectivity index (χ1) is 12.6. The summed E-state index contributed by atoms with van der Waals surface area (Å²) in [5, 5.41) is 3.33. The van der Waals surface area contributed by atoms with Gasteiger partial charge in [-0.3, -0.25) is 9.78 Å². The Labute approximate surface area is 154 Å². The predicted octanol–water partition coefficient (Wildman–Crippen LogP) is 2.92. The molecular formula is C20H26N4O2. The molecule has 0 spiro atoms. The number of nitrogens with zero attached hydrogens (tertiary/aromatic N) is 3. The van der Waals surface area contributed by atoms with Crippen LogP contribution in [0.4, 0.5) is 11.4 Å². The second-order valence-electron chi connectivity index (χ2n) is 6.48. The van der Waals surface area contributed by atoms with Gasteiger partial charge in [-0.05, 0) is 43.3 Å². The van der Waals surface area contributed by atoms with Crippen molar-refractivity contribution in [1.82, 2.24) is 14.8 Å². The summed E-state index contributed by atoms with van der Waals surface area (Å²) in [5.74, 6) is 0.747. The van der Waals surface area contributed by atoms with Gasteiger partial charge in [0.05, 0.1) is 12.8 Å². The van der Waals surface area contributed by atoms with Crippen molar-refractivity contribution in [2.24, 2.45) is 0 Å². The highest BCUT2D eigenvalue weighted by atomic mass is 16.5. The Morgan fingerprint density at radius 1 is 1.19 bits per heavy atom. The van der Waals surface area contributed by atoms with Gasteiger partial charge < -0.3 is 19.9 Å². The summed E-state index contributed by atoms with van der Waals surface area (Å²) >= 11 is 0. The zero-order valence-corrected chi connectivity index (χ0v) is 15.7.